The molecule has 0 unspecified atom stereocenters. The molecular weight excluding hydrogens is 606 g/mol. The van der Waals surface area contributed by atoms with Crippen molar-refractivity contribution in [1.29, 1.82) is 0 Å². The Balaban J connectivity index is 1.47. The third kappa shape index (κ3) is 6.41. The van der Waals surface area contributed by atoms with Crippen LogP contribution in [-0.2, 0) is 33.8 Å². The van der Waals surface area contributed by atoms with E-state index in [0.29, 0.717) is 17.2 Å². The molecule has 17 heteroatoms. The Morgan fingerprint density at radius 3 is 2.26 bits per heavy atom. The zero-order chi connectivity index (χ0) is 31.2. The lowest BCUT2D eigenvalue weighted by atomic mass is 10.2. The van der Waals surface area contributed by atoms with Gasteiger partial charge in [-0.15, -0.1) is 4.28 Å². The highest BCUT2D eigenvalue weighted by atomic mass is 32.2. The summed E-state index contributed by atoms with van der Waals surface area (Å²) in [5.74, 6) is -0.126. The Morgan fingerprint density at radius 2 is 1.63 bits per heavy atom. The second kappa shape index (κ2) is 10.9. The molecule has 0 radical (unpaired) electrons. The van der Waals surface area contributed by atoms with Crippen LogP contribution in [0.5, 0.6) is 11.5 Å². The maximum Gasteiger partial charge on any atom is 0.432 e. The van der Waals surface area contributed by atoms with Gasteiger partial charge in [-0.1, -0.05) is 0 Å². The first kappa shape index (κ1) is 29.8. The van der Waals surface area contributed by atoms with E-state index in [9.17, 15) is 34.8 Å². The first-order valence-electron chi connectivity index (χ1n) is 12.3. The number of nitrogens with one attached hydrogen (secondary N) is 1. The molecule has 2 aromatic carbocycles. The van der Waals surface area contributed by atoms with E-state index in [-0.39, 0.29) is 34.7 Å². The minimum Gasteiger partial charge on any atom is -0.457 e. The first-order valence-corrected chi connectivity index (χ1v) is 13.8. The van der Waals surface area contributed by atoms with E-state index in [1.165, 1.54) is 35.9 Å². The Bertz CT molecular complexity index is 1880. The van der Waals surface area contributed by atoms with E-state index in [0.717, 1.165) is 29.3 Å². The largest absolute Gasteiger partial charge is 0.457 e. The maximum absolute atomic E-state index is 13.1. The van der Waals surface area contributed by atoms with Crippen LogP contribution in [0.4, 0.5) is 38.0 Å². The zero-order valence-corrected chi connectivity index (χ0v) is 22.9. The van der Waals surface area contributed by atoms with E-state index in [4.69, 9.17) is 9.02 Å². The molecule has 5 aromatic rings. The number of ether oxygens (including phenoxy) is 1. The number of benzene rings is 2. The molecule has 43 heavy (non-hydrogen) atoms. The number of anilines is 2. The van der Waals surface area contributed by atoms with Gasteiger partial charge in [0.05, 0.1) is 34.2 Å². The fourth-order valence-electron chi connectivity index (χ4n) is 3.89. The van der Waals surface area contributed by atoms with E-state index in [1.54, 1.807) is 19.2 Å². The van der Waals surface area contributed by atoms with Crippen LogP contribution in [0.1, 0.15) is 18.2 Å². The second-order valence-corrected chi connectivity index (χ2v) is 10.8. The van der Waals surface area contributed by atoms with Crippen molar-refractivity contribution in [3.8, 4) is 23.0 Å². The monoisotopic (exact) mass is 626 g/mol. The molecule has 0 fully saturated rings. The number of aromatic nitrogens is 5. The number of H-pyrrole nitrogens is 1. The van der Waals surface area contributed by atoms with Crippen molar-refractivity contribution in [2.24, 2.45) is 7.05 Å². The summed E-state index contributed by atoms with van der Waals surface area (Å²) in [5, 5.41) is 0.813. The fraction of sp³-hybridized carbons (Fsp3) is 0.192. The number of aromatic amines is 1. The molecule has 226 valence electrons. The number of rotatable bonds is 8. The number of pyridine rings is 1. The molecule has 0 saturated heterocycles. The molecule has 10 nitrogen and oxygen atoms in total. The zero-order valence-electron chi connectivity index (χ0n) is 22.1. The number of nitrogens with zero attached hydrogens (tertiary/aromatic N) is 5. The molecular formula is C26H20F6N6O4S. The number of halogens is 6. The van der Waals surface area contributed by atoms with Crippen LogP contribution in [-0.4, -0.2) is 38.7 Å². The minimum atomic E-state index is -4.61. The summed E-state index contributed by atoms with van der Waals surface area (Å²) >= 11 is 0. The van der Waals surface area contributed by atoms with Gasteiger partial charge in [-0.05, 0) is 49.4 Å². The summed E-state index contributed by atoms with van der Waals surface area (Å²) in [5.41, 5.74) is -1.12. The van der Waals surface area contributed by atoms with Gasteiger partial charge in [0.25, 0.3) is 10.1 Å². The molecule has 0 bridgehead atoms. The molecule has 0 amide bonds. The van der Waals surface area contributed by atoms with Crippen LogP contribution in [0.2, 0.25) is 0 Å². The van der Waals surface area contributed by atoms with Gasteiger partial charge in [-0.3, -0.25) is 4.98 Å². The summed E-state index contributed by atoms with van der Waals surface area (Å²) < 4.78 is 115. The second-order valence-electron chi connectivity index (χ2n) is 9.00. The topological polar surface area (TPSA) is 115 Å². The smallest absolute Gasteiger partial charge is 0.432 e. The Hall–Kier alpha value is -4.64. The Morgan fingerprint density at radius 1 is 0.930 bits per heavy atom. The maximum atomic E-state index is 13.1. The Kier molecular flexibility index (Phi) is 7.55. The van der Waals surface area contributed by atoms with Crippen LogP contribution >= 0.6 is 0 Å². The number of hydrogen-bond acceptors (Lipinski definition) is 8. The predicted molar refractivity (Wildman–Crippen MR) is 142 cm³/mol. The predicted octanol–water partition coefficient (Wildman–Crippen LogP) is 6.61. The Labute approximate surface area is 239 Å². The minimum absolute atomic E-state index is 0.0316. The van der Waals surface area contributed by atoms with Gasteiger partial charge in [0.1, 0.15) is 22.9 Å². The van der Waals surface area contributed by atoms with Crippen LogP contribution in [0, 0.1) is 0 Å². The van der Waals surface area contributed by atoms with Gasteiger partial charge in [0, 0.05) is 25.4 Å². The SMILES string of the molecule is CCS(=O)(=O)ON(c1ccc(C(F)(F)F)cc1)c1nc2cc(Oc3ccnc(-c4ncc(C(F)(F)F)[nH]4)c3)ccc2n1C. The summed E-state index contributed by atoms with van der Waals surface area (Å²) in [6.07, 6.45) is -7.23. The van der Waals surface area contributed by atoms with Gasteiger partial charge in [0.15, 0.2) is 5.82 Å². The lowest BCUT2D eigenvalue weighted by molar-refractivity contribution is -0.141. The van der Waals surface area contributed by atoms with E-state index < -0.39 is 39.5 Å². The molecule has 1 N–H and O–H groups in total. The molecule has 0 aliphatic carbocycles. The van der Waals surface area contributed by atoms with Crippen LogP contribution in [0.25, 0.3) is 22.6 Å². The molecule has 0 atom stereocenters. The fourth-order valence-corrected chi connectivity index (χ4v) is 4.38. The van der Waals surface area contributed by atoms with Crippen molar-refractivity contribution >= 4 is 32.8 Å². The number of alkyl halides is 6. The summed E-state index contributed by atoms with van der Waals surface area (Å²) in [6.45, 7) is 1.34. The molecule has 3 heterocycles. The van der Waals surface area contributed by atoms with Gasteiger partial charge in [-0.25, -0.2) is 9.97 Å². The van der Waals surface area contributed by atoms with Gasteiger partial charge >= 0.3 is 12.4 Å². The van der Waals surface area contributed by atoms with Gasteiger partial charge in [-0.2, -0.15) is 39.8 Å². The highest BCUT2D eigenvalue weighted by molar-refractivity contribution is 7.86. The van der Waals surface area contributed by atoms with E-state index in [1.807, 2.05) is 0 Å². The number of fused-ring (bicyclic) bond motifs is 1. The standard InChI is InChI=1S/C26H20F6N6O4S/c1-3-43(39,40)42-38(16-6-4-15(5-7-16)25(27,28)29)24-35-19-12-17(8-9-21(19)37(24)2)41-18-10-11-33-20(13-18)23-34-14-22(36-23)26(30,31)32/h4-14H,3H2,1-2H3,(H,34,36). The number of aryl methyl sites for hydroxylation is 1. The lowest BCUT2D eigenvalue weighted by Gasteiger charge is -2.22. The summed E-state index contributed by atoms with van der Waals surface area (Å²) in [7, 11) is -2.59. The lowest BCUT2D eigenvalue weighted by Crippen LogP contribution is -2.26. The van der Waals surface area contributed by atoms with Crippen molar-refractivity contribution in [2.75, 3.05) is 10.8 Å². The average Bonchev–Trinajstić information content (AvgIpc) is 3.57. The number of imidazole rings is 2. The van der Waals surface area contributed by atoms with Crippen molar-refractivity contribution in [2.45, 2.75) is 19.3 Å². The molecule has 0 aliphatic rings. The third-order valence-electron chi connectivity index (χ3n) is 6.07. The number of hydrogen-bond donors (Lipinski definition) is 1. The van der Waals surface area contributed by atoms with E-state index >= 15 is 0 Å². The highest BCUT2D eigenvalue weighted by Crippen LogP contribution is 2.35. The van der Waals surface area contributed by atoms with Gasteiger partial charge in [0.2, 0.25) is 5.95 Å². The quantitative estimate of drug-likeness (QED) is 0.151. The highest BCUT2D eigenvalue weighted by Gasteiger charge is 2.33. The first-order chi connectivity index (χ1) is 20.1. The van der Waals surface area contributed by atoms with Crippen LogP contribution < -0.4 is 9.80 Å². The van der Waals surface area contributed by atoms with Crippen LogP contribution in [0.3, 0.4) is 0 Å². The van der Waals surface area contributed by atoms with Crippen molar-refractivity contribution in [1.82, 2.24) is 24.5 Å². The molecule has 5 rings (SSSR count). The van der Waals surface area contributed by atoms with Crippen molar-refractivity contribution < 1.29 is 43.8 Å². The average molecular weight is 627 g/mol. The molecule has 3 aromatic heterocycles. The van der Waals surface area contributed by atoms with E-state index in [2.05, 4.69) is 19.9 Å². The van der Waals surface area contributed by atoms with Crippen molar-refractivity contribution in [3.05, 3.63) is 78.2 Å². The van der Waals surface area contributed by atoms with Gasteiger partial charge < -0.3 is 14.3 Å². The molecule has 0 aliphatic heterocycles. The van der Waals surface area contributed by atoms with Crippen LogP contribution in [0.15, 0.2) is 67.0 Å². The van der Waals surface area contributed by atoms with Crippen molar-refractivity contribution in [3.63, 3.8) is 0 Å². The normalized spacial score (nSPS) is 12.6. The third-order valence-corrected chi connectivity index (χ3v) is 7.16. The molecule has 0 spiro atoms. The summed E-state index contributed by atoms with van der Waals surface area (Å²) in [4.78, 5) is 14.4. The summed E-state index contributed by atoms with van der Waals surface area (Å²) in [6, 6.07) is 11.2. The molecule has 0 saturated carbocycles.